The predicted octanol–water partition coefficient (Wildman–Crippen LogP) is 3.84. The molecule has 0 aliphatic heterocycles. The zero-order valence-corrected chi connectivity index (χ0v) is 14.2. The zero-order chi connectivity index (χ0) is 19.9. The van der Waals surface area contributed by atoms with E-state index in [0.29, 0.717) is 5.69 Å². The fourth-order valence-electron chi connectivity index (χ4n) is 1.92. The standard InChI is InChI=1S/C17H16F3N3O4/c1-2-26-16(25)23-12-5-3-4-11(8-12)15(24)22-13-6-7-14(21-9-13)27-10-17(18,19)20/h3-9H,2,10H2,1H3,(H,22,24)(H,23,25). The highest BCUT2D eigenvalue weighted by atomic mass is 19.4. The number of pyridine rings is 1. The lowest BCUT2D eigenvalue weighted by atomic mass is 10.2. The van der Waals surface area contributed by atoms with Gasteiger partial charge in [-0.2, -0.15) is 13.2 Å². The van der Waals surface area contributed by atoms with Crippen LogP contribution in [-0.2, 0) is 4.74 Å². The Labute approximate surface area is 152 Å². The summed E-state index contributed by atoms with van der Waals surface area (Å²) in [6, 6.07) is 8.70. The van der Waals surface area contributed by atoms with Gasteiger partial charge >= 0.3 is 12.3 Å². The highest BCUT2D eigenvalue weighted by molar-refractivity contribution is 6.05. The Kier molecular flexibility index (Phi) is 6.58. The Bertz CT molecular complexity index is 795. The van der Waals surface area contributed by atoms with Gasteiger partial charge in [-0.25, -0.2) is 9.78 Å². The number of halogens is 3. The lowest BCUT2D eigenvalue weighted by molar-refractivity contribution is -0.154. The summed E-state index contributed by atoms with van der Waals surface area (Å²) in [7, 11) is 0. The Morgan fingerprint density at radius 1 is 1.11 bits per heavy atom. The fraction of sp³-hybridized carbons (Fsp3) is 0.235. The van der Waals surface area contributed by atoms with Crippen molar-refractivity contribution in [3.05, 3.63) is 48.2 Å². The van der Waals surface area contributed by atoms with E-state index in [1.165, 1.54) is 30.5 Å². The number of carbonyl (C=O) groups is 2. The molecule has 0 aliphatic carbocycles. The third-order valence-electron chi connectivity index (χ3n) is 3.02. The van der Waals surface area contributed by atoms with Gasteiger partial charge in [0, 0.05) is 17.3 Å². The van der Waals surface area contributed by atoms with E-state index in [1.807, 2.05) is 0 Å². The van der Waals surface area contributed by atoms with Gasteiger partial charge in [-0.15, -0.1) is 0 Å². The summed E-state index contributed by atoms with van der Waals surface area (Å²) >= 11 is 0. The third kappa shape index (κ3) is 6.84. The first-order chi connectivity index (χ1) is 12.8. The summed E-state index contributed by atoms with van der Waals surface area (Å²) in [5, 5.41) is 5.01. The normalized spacial score (nSPS) is 10.8. The number of nitrogens with one attached hydrogen (secondary N) is 2. The van der Waals surface area contributed by atoms with Gasteiger partial charge in [0.1, 0.15) is 0 Å². The zero-order valence-electron chi connectivity index (χ0n) is 14.2. The summed E-state index contributed by atoms with van der Waals surface area (Å²) < 4.78 is 45.5. The summed E-state index contributed by atoms with van der Waals surface area (Å²) in [5.41, 5.74) is 0.889. The number of anilines is 2. The molecular weight excluding hydrogens is 367 g/mol. The van der Waals surface area contributed by atoms with E-state index in [-0.39, 0.29) is 23.7 Å². The highest BCUT2D eigenvalue weighted by Gasteiger charge is 2.28. The van der Waals surface area contributed by atoms with Crippen LogP contribution in [-0.4, -0.2) is 36.4 Å². The number of carbonyl (C=O) groups excluding carboxylic acids is 2. The van der Waals surface area contributed by atoms with Crippen LogP contribution in [0.1, 0.15) is 17.3 Å². The molecule has 0 fully saturated rings. The molecule has 2 rings (SSSR count). The molecule has 27 heavy (non-hydrogen) atoms. The van der Waals surface area contributed by atoms with E-state index in [0.717, 1.165) is 0 Å². The van der Waals surface area contributed by atoms with Crippen molar-refractivity contribution in [3.8, 4) is 5.88 Å². The maximum Gasteiger partial charge on any atom is 0.422 e. The summed E-state index contributed by atoms with van der Waals surface area (Å²) in [6.07, 6.45) is -3.93. The van der Waals surface area contributed by atoms with Gasteiger partial charge in [-0.05, 0) is 31.2 Å². The molecule has 2 N–H and O–H groups in total. The number of aromatic nitrogens is 1. The first-order valence-electron chi connectivity index (χ1n) is 7.77. The number of amides is 2. The van der Waals surface area contributed by atoms with E-state index in [4.69, 9.17) is 4.74 Å². The fourth-order valence-corrected chi connectivity index (χ4v) is 1.92. The van der Waals surface area contributed by atoms with Crippen molar-refractivity contribution in [2.75, 3.05) is 23.8 Å². The van der Waals surface area contributed by atoms with Gasteiger partial charge in [-0.1, -0.05) is 6.07 Å². The van der Waals surface area contributed by atoms with Crippen LogP contribution < -0.4 is 15.4 Å². The SMILES string of the molecule is CCOC(=O)Nc1cccc(C(=O)Nc2ccc(OCC(F)(F)F)nc2)c1. The van der Waals surface area contributed by atoms with E-state index >= 15 is 0 Å². The minimum atomic E-state index is -4.46. The molecule has 0 saturated carbocycles. The number of hydrogen-bond donors (Lipinski definition) is 2. The van der Waals surface area contributed by atoms with Crippen LogP contribution in [0.4, 0.5) is 29.3 Å². The van der Waals surface area contributed by atoms with Gasteiger partial charge in [0.25, 0.3) is 5.91 Å². The van der Waals surface area contributed by atoms with Crippen LogP contribution in [0.3, 0.4) is 0 Å². The van der Waals surface area contributed by atoms with Crippen LogP contribution in [0, 0.1) is 0 Å². The first-order valence-corrected chi connectivity index (χ1v) is 7.77. The quantitative estimate of drug-likeness (QED) is 0.791. The number of benzene rings is 1. The van der Waals surface area contributed by atoms with Crippen molar-refractivity contribution in [2.45, 2.75) is 13.1 Å². The molecule has 1 aromatic heterocycles. The highest BCUT2D eigenvalue weighted by Crippen LogP contribution is 2.19. The van der Waals surface area contributed by atoms with E-state index in [1.54, 1.807) is 19.1 Å². The second kappa shape index (κ2) is 8.88. The lowest BCUT2D eigenvalue weighted by Crippen LogP contribution is -2.19. The van der Waals surface area contributed by atoms with Crippen molar-refractivity contribution in [2.24, 2.45) is 0 Å². The Balaban J connectivity index is 1.97. The third-order valence-corrected chi connectivity index (χ3v) is 3.02. The van der Waals surface area contributed by atoms with Gasteiger partial charge < -0.3 is 14.8 Å². The second-order valence-corrected chi connectivity index (χ2v) is 5.17. The van der Waals surface area contributed by atoms with Crippen LogP contribution in [0.2, 0.25) is 0 Å². The average molecular weight is 383 g/mol. The molecule has 0 saturated heterocycles. The Hall–Kier alpha value is -3.30. The van der Waals surface area contributed by atoms with Crippen LogP contribution in [0.25, 0.3) is 0 Å². The Morgan fingerprint density at radius 2 is 1.89 bits per heavy atom. The van der Waals surface area contributed by atoms with Crippen molar-refractivity contribution in [1.29, 1.82) is 0 Å². The number of rotatable bonds is 6. The molecule has 1 heterocycles. The minimum Gasteiger partial charge on any atom is -0.468 e. The van der Waals surface area contributed by atoms with E-state index < -0.39 is 24.8 Å². The molecule has 7 nitrogen and oxygen atoms in total. The monoisotopic (exact) mass is 383 g/mol. The molecule has 10 heteroatoms. The minimum absolute atomic E-state index is 0.210. The van der Waals surface area contributed by atoms with E-state index in [2.05, 4.69) is 20.4 Å². The molecule has 0 radical (unpaired) electrons. The molecule has 2 aromatic rings. The summed E-state index contributed by atoms with van der Waals surface area (Å²) in [6.45, 7) is 0.421. The predicted molar refractivity (Wildman–Crippen MR) is 90.8 cm³/mol. The van der Waals surface area contributed by atoms with Crippen molar-refractivity contribution < 1.29 is 32.2 Å². The van der Waals surface area contributed by atoms with Gasteiger partial charge in [0.05, 0.1) is 18.5 Å². The largest absolute Gasteiger partial charge is 0.468 e. The Morgan fingerprint density at radius 3 is 2.52 bits per heavy atom. The number of ether oxygens (including phenoxy) is 2. The topological polar surface area (TPSA) is 89.5 Å². The van der Waals surface area contributed by atoms with Gasteiger partial charge in [0.2, 0.25) is 5.88 Å². The van der Waals surface area contributed by atoms with Gasteiger partial charge in [0.15, 0.2) is 6.61 Å². The summed E-state index contributed by atoms with van der Waals surface area (Å²) in [4.78, 5) is 27.4. The lowest BCUT2D eigenvalue weighted by Gasteiger charge is -2.10. The van der Waals surface area contributed by atoms with Crippen LogP contribution in [0.15, 0.2) is 42.6 Å². The molecule has 0 bridgehead atoms. The molecule has 0 unspecified atom stereocenters. The first kappa shape index (κ1) is 20.0. The number of nitrogens with zero attached hydrogens (tertiary/aromatic N) is 1. The molecule has 0 spiro atoms. The second-order valence-electron chi connectivity index (χ2n) is 5.17. The van der Waals surface area contributed by atoms with Crippen molar-refractivity contribution in [1.82, 2.24) is 4.98 Å². The van der Waals surface area contributed by atoms with Gasteiger partial charge in [-0.3, -0.25) is 10.1 Å². The molecule has 2 amide bonds. The average Bonchev–Trinajstić information content (AvgIpc) is 2.61. The van der Waals surface area contributed by atoms with Crippen LogP contribution in [0.5, 0.6) is 5.88 Å². The van der Waals surface area contributed by atoms with Crippen LogP contribution >= 0.6 is 0 Å². The molecular formula is C17H16F3N3O4. The van der Waals surface area contributed by atoms with Crippen molar-refractivity contribution >= 4 is 23.4 Å². The summed E-state index contributed by atoms with van der Waals surface area (Å²) in [5.74, 6) is -0.709. The number of hydrogen-bond acceptors (Lipinski definition) is 5. The molecule has 0 aliphatic rings. The maximum atomic E-state index is 12.3. The number of alkyl halides is 3. The van der Waals surface area contributed by atoms with E-state index in [9.17, 15) is 22.8 Å². The maximum absolute atomic E-state index is 12.3. The molecule has 0 atom stereocenters. The molecule has 1 aromatic carbocycles. The molecule has 144 valence electrons. The smallest absolute Gasteiger partial charge is 0.422 e. The van der Waals surface area contributed by atoms with Crippen molar-refractivity contribution in [3.63, 3.8) is 0 Å².